The number of nitrogens with two attached hydrogens (primary N) is 1. The maximum absolute atomic E-state index is 14.7. The van der Waals surface area contributed by atoms with Crippen molar-refractivity contribution < 1.29 is 50.0 Å². The molecule has 0 bridgehead atoms. The molecule has 3 heterocycles. The Morgan fingerprint density at radius 1 is 0.877 bits per heavy atom. The number of benzene rings is 2. The lowest BCUT2D eigenvalue weighted by Gasteiger charge is -2.43. The first-order valence-electron chi connectivity index (χ1n) is 21.5. The monoisotopic (exact) mass is 956 g/mol. The van der Waals surface area contributed by atoms with Crippen LogP contribution in [0.5, 0.6) is 0 Å². The fourth-order valence-electron chi connectivity index (χ4n) is 6.83. The van der Waals surface area contributed by atoms with Crippen LogP contribution in [0, 0.1) is 6.92 Å². The van der Waals surface area contributed by atoms with E-state index in [1.54, 1.807) is 54.6 Å². The number of aryl methyl sites for hydroxylation is 1. The molecular formula is C45H64N4O13SSi2. The van der Waals surface area contributed by atoms with Crippen molar-refractivity contribution in [3.05, 3.63) is 115 Å². The Hall–Kier alpha value is -4.71. The van der Waals surface area contributed by atoms with Gasteiger partial charge >= 0.3 is 17.6 Å². The summed E-state index contributed by atoms with van der Waals surface area (Å²) in [7, 11) is -9.81. The molecule has 1 saturated heterocycles. The zero-order chi connectivity index (χ0) is 48.3. The van der Waals surface area contributed by atoms with Crippen LogP contribution in [0.15, 0.2) is 87.6 Å². The number of hydrogen-bond acceptors (Lipinski definition) is 14. The molecule has 356 valence electrons. The summed E-state index contributed by atoms with van der Waals surface area (Å²) in [6, 6.07) is 16.5. The summed E-state index contributed by atoms with van der Waals surface area (Å²) in [6.45, 7) is 20.2. The minimum atomic E-state index is -4.38. The Kier molecular flexibility index (Phi) is 15.5. The number of ether oxygens (including phenoxy) is 3. The highest BCUT2D eigenvalue weighted by molar-refractivity contribution is 7.90. The Balaban J connectivity index is 1.49. The van der Waals surface area contributed by atoms with Crippen molar-refractivity contribution in [1.29, 1.82) is 0 Å². The van der Waals surface area contributed by atoms with Crippen molar-refractivity contribution in [2.24, 2.45) is 5.73 Å². The molecule has 17 nitrogen and oxygen atoms in total. The van der Waals surface area contributed by atoms with Gasteiger partial charge in [-0.1, -0.05) is 102 Å². The third-order valence-corrected chi connectivity index (χ3v) is 22.7. The van der Waals surface area contributed by atoms with Crippen LogP contribution in [-0.4, -0.2) is 82.5 Å². The van der Waals surface area contributed by atoms with Crippen molar-refractivity contribution >= 4 is 44.6 Å². The molecule has 1 unspecified atom stereocenters. The van der Waals surface area contributed by atoms with Crippen LogP contribution in [0.1, 0.15) is 77.3 Å². The molecule has 3 N–H and O–H groups in total. The largest absolute Gasteiger partial charge is 0.461 e. The van der Waals surface area contributed by atoms with Crippen molar-refractivity contribution in [3.8, 4) is 0 Å². The number of hydrogen-bond donors (Lipinski definition) is 2. The number of rotatable bonds is 17. The molecule has 1 spiro atoms. The van der Waals surface area contributed by atoms with Crippen LogP contribution in [0.25, 0.3) is 0 Å². The average Bonchev–Trinajstić information content (AvgIpc) is 3.65. The normalized spacial score (nSPS) is 21.5. The summed E-state index contributed by atoms with van der Waals surface area (Å²) in [5.41, 5.74) is 4.05. The van der Waals surface area contributed by atoms with Crippen molar-refractivity contribution in [2.45, 2.75) is 147 Å². The predicted octanol–water partition coefficient (Wildman–Crippen LogP) is 5.28. The summed E-state index contributed by atoms with van der Waals surface area (Å²) in [6.07, 6.45) is -3.32. The van der Waals surface area contributed by atoms with E-state index in [0.717, 1.165) is 15.5 Å². The fourth-order valence-corrected chi connectivity index (χ4v) is 10.3. The molecule has 65 heavy (non-hydrogen) atoms. The number of nitrogens with one attached hydrogen (secondary N) is 1. The molecule has 0 aliphatic carbocycles. The van der Waals surface area contributed by atoms with E-state index in [2.05, 4.69) is 5.32 Å². The second kappa shape index (κ2) is 19.6. The van der Waals surface area contributed by atoms with Crippen LogP contribution in [0.3, 0.4) is 0 Å². The van der Waals surface area contributed by atoms with Gasteiger partial charge in [-0.3, -0.25) is 23.5 Å². The van der Waals surface area contributed by atoms with E-state index in [9.17, 15) is 32.4 Å². The Labute approximate surface area is 383 Å². The smallest absolute Gasteiger partial charge is 0.333 e. The van der Waals surface area contributed by atoms with Crippen molar-refractivity contribution in [1.82, 2.24) is 14.5 Å². The molecule has 20 heteroatoms. The molecule has 2 aromatic carbocycles. The minimum Gasteiger partial charge on any atom is -0.461 e. The lowest BCUT2D eigenvalue weighted by molar-refractivity contribution is -0.150. The number of carbonyl (C=O) groups is 3. The maximum Gasteiger partial charge on any atom is 0.333 e. The van der Waals surface area contributed by atoms with Gasteiger partial charge in [0.2, 0.25) is 5.91 Å². The summed E-state index contributed by atoms with van der Waals surface area (Å²) in [5, 5.41) is 2.66. The van der Waals surface area contributed by atoms with Gasteiger partial charge in [-0.25, -0.2) is 13.8 Å². The van der Waals surface area contributed by atoms with E-state index in [-0.39, 0.29) is 49.0 Å². The van der Waals surface area contributed by atoms with E-state index in [0.29, 0.717) is 10.1 Å². The fraction of sp³-hybridized carbons (Fsp3) is 0.533. The molecule has 5 rings (SSSR count). The molecular weight excluding hydrogens is 893 g/mol. The number of amides is 1. The maximum atomic E-state index is 14.7. The van der Waals surface area contributed by atoms with Crippen LogP contribution >= 0.6 is 0 Å². The van der Waals surface area contributed by atoms with Gasteiger partial charge in [0.25, 0.3) is 15.7 Å². The van der Waals surface area contributed by atoms with Gasteiger partial charge in [-0.05, 0) is 60.7 Å². The number of esters is 2. The predicted molar refractivity (Wildman–Crippen MR) is 247 cm³/mol. The first-order valence-corrected chi connectivity index (χ1v) is 28.8. The molecule has 2 aliphatic heterocycles. The molecule has 0 saturated carbocycles. The van der Waals surface area contributed by atoms with E-state index in [4.69, 9.17) is 33.0 Å². The zero-order valence-electron chi connectivity index (χ0n) is 39.2. The number of aromatic nitrogens is 2. The lowest BCUT2D eigenvalue weighted by Crippen LogP contribution is -2.59. The highest BCUT2D eigenvalue weighted by Gasteiger charge is 2.67. The topological polar surface area (TPSA) is 223 Å². The molecule has 1 aromatic heterocycles. The minimum absolute atomic E-state index is 0.000536. The quantitative estimate of drug-likeness (QED) is 0.0999. The van der Waals surface area contributed by atoms with Crippen molar-refractivity contribution in [3.63, 3.8) is 0 Å². The SMILES string of the molecule is Cc1cn([C@@H]2O[C@H](CO[Si](C)(C)C(C)(C)C)C3(OS(=O)(=O)C=C3N)[C@H]2O[Si](C)(C)C(C)(C)C)c(=O)n(CC(=O)N[C@@H](CCC(=O)OCc2ccccc2)C(=O)OCc2ccccc2)c1=O. The van der Waals surface area contributed by atoms with Gasteiger partial charge in [-0.2, -0.15) is 8.42 Å². The van der Waals surface area contributed by atoms with Gasteiger partial charge < -0.3 is 34.1 Å². The highest BCUT2D eigenvalue weighted by atomic mass is 32.2. The van der Waals surface area contributed by atoms with Crippen LogP contribution in [-0.2, 0) is 71.5 Å². The molecule has 1 amide bonds. The first-order chi connectivity index (χ1) is 30.1. The van der Waals surface area contributed by atoms with Crippen LogP contribution < -0.4 is 22.3 Å². The van der Waals surface area contributed by atoms with E-state index in [1.165, 1.54) is 13.1 Å². The molecule has 3 aromatic rings. The summed E-state index contributed by atoms with van der Waals surface area (Å²) in [5.74, 6) is -2.41. The van der Waals surface area contributed by atoms with Gasteiger partial charge in [0.05, 0.1) is 17.7 Å². The first kappa shape index (κ1) is 51.3. The molecule has 2 aliphatic rings. The number of nitrogens with zero attached hydrogens (tertiary/aromatic N) is 2. The van der Waals surface area contributed by atoms with Gasteiger partial charge in [-0.15, -0.1) is 0 Å². The van der Waals surface area contributed by atoms with E-state index in [1.807, 2.05) is 73.8 Å². The molecule has 5 atom stereocenters. The van der Waals surface area contributed by atoms with E-state index >= 15 is 0 Å². The van der Waals surface area contributed by atoms with E-state index < -0.39 is 97.5 Å². The van der Waals surface area contributed by atoms with Gasteiger partial charge in [0.15, 0.2) is 28.5 Å². The van der Waals surface area contributed by atoms with Gasteiger partial charge in [0.1, 0.15) is 38.0 Å². The Morgan fingerprint density at radius 2 is 1.43 bits per heavy atom. The third kappa shape index (κ3) is 11.8. The highest BCUT2D eigenvalue weighted by Crippen LogP contribution is 2.52. The molecule has 1 fully saturated rings. The van der Waals surface area contributed by atoms with Crippen LogP contribution in [0.4, 0.5) is 0 Å². The zero-order valence-corrected chi connectivity index (χ0v) is 42.0. The van der Waals surface area contributed by atoms with Crippen LogP contribution in [0.2, 0.25) is 36.3 Å². The second-order valence-electron chi connectivity index (χ2n) is 19.6. The Bertz CT molecular complexity index is 2480. The Morgan fingerprint density at radius 3 is 1.95 bits per heavy atom. The lowest BCUT2D eigenvalue weighted by atomic mass is 9.89. The average molecular weight is 957 g/mol. The summed E-state index contributed by atoms with van der Waals surface area (Å²) < 4.78 is 65.4. The number of carbonyl (C=O) groups excluding carboxylic acids is 3. The van der Waals surface area contributed by atoms with Crippen molar-refractivity contribution in [2.75, 3.05) is 6.61 Å². The van der Waals surface area contributed by atoms with Gasteiger partial charge in [0, 0.05) is 18.2 Å². The second-order valence-corrected chi connectivity index (χ2v) is 30.6. The standard InChI is InChI=1S/C45H64N4O13SSi2/c1-30-24-49(40-38(61-65(10,11)44(5,6)7)45(34(46)29-63(55,56)62-45)35(60-40)28-59-64(8,9)43(2,3)4)42(54)48(39(30)52)25-36(50)47-33(41(53)58-27-32-20-16-13-17-21-32)22-23-37(51)57-26-31-18-14-12-15-19-31/h12-21,24,29,33,35,38,40H,22-23,25-28,46H2,1-11H3,(H,47,50)/t33-,35+,38-,40+,45?/m0/s1. The summed E-state index contributed by atoms with van der Waals surface area (Å²) >= 11 is 0. The molecule has 0 radical (unpaired) electrons. The summed E-state index contributed by atoms with van der Waals surface area (Å²) in [4.78, 5) is 68.6. The third-order valence-electron chi connectivity index (χ3n) is 12.7.